The molecule has 0 spiro atoms. The van der Waals surface area contributed by atoms with Crippen LogP contribution in [0.1, 0.15) is 69.6 Å². The van der Waals surface area contributed by atoms with E-state index in [1.165, 1.54) is 5.56 Å². The number of ether oxygens (including phenoxy) is 1. The van der Waals surface area contributed by atoms with Gasteiger partial charge in [-0.2, -0.15) is 0 Å². The van der Waals surface area contributed by atoms with E-state index >= 15 is 0 Å². The highest BCUT2D eigenvalue weighted by Crippen LogP contribution is 2.31. The zero-order valence-corrected chi connectivity index (χ0v) is 20.2. The first-order chi connectivity index (χ1) is 14.3. The minimum absolute atomic E-state index is 0.209. The molecule has 30 heavy (non-hydrogen) atoms. The molecule has 0 saturated heterocycles. The largest absolute Gasteiger partial charge is 0.483 e. The Labute approximate surface area is 193 Å². The predicted octanol–water partition coefficient (Wildman–Crippen LogP) is 7.72. The molecule has 0 aliphatic heterocycles. The van der Waals surface area contributed by atoms with E-state index in [4.69, 9.17) is 27.9 Å². The van der Waals surface area contributed by atoms with E-state index in [9.17, 15) is 0 Å². The number of hydrogen-bond acceptors (Lipinski definition) is 4. The van der Waals surface area contributed by atoms with Gasteiger partial charge in [0.15, 0.2) is 17.1 Å². The Hall–Kier alpha value is -1.69. The Kier molecular flexibility index (Phi) is 7.72. The molecular weight excluding hydrogens is 437 g/mol. The maximum atomic E-state index is 6.17. The number of halogens is 2. The maximum Gasteiger partial charge on any atom is 0.191 e. The Balaban J connectivity index is 1.74. The third-order valence-electron chi connectivity index (χ3n) is 4.78. The first-order valence-electron chi connectivity index (χ1n) is 10.0. The summed E-state index contributed by atoms with van der Waals surface area (Å²) in [7, 11) is 0. The number of hydrogen-bond donors (Lipinski definition) is 0. The van der Waals surface area contributed by atoms with Crippen molar-refractivity contribution in [3.63, 3.8) is 0 Å². The summed E-state index contributed by atoms with van der Waals surface area (Å²) in [6, 6.07) is 14.1. The molecule has 0 N–H and O–H groups in total. The van der Waals surface area contributed by atoms with E-state index in [1.54, 1.807) is 11.8 Å². The SMILES string of the molecule is CC(C)c1ccc(OC(C)c2nnc(SCc3ccc(Cl)c(Cl)c3)n2C(C)C)cc1. The van der Waals surface area contributed by atoms with Gasteiger partial charge in [-0.05, 0) is 62.1 Å². The zero-order chi connectivity index (χ0) is 21.8. The Morgan fingerprint density at radius 3 is 2.23 bits per heavy atom. The summed E-state index contributed by atoms with van der Waals surface area (Å²) in [6.45, 7) is 10.6. The van der Waals surface area contributed by atoms with E-state index in [1.807, 2.05) is 37.3 Å². The lowest BCUT2D eigenvalue weighted by Gasteiger charge is -2.19. The van der Waals surface area contributed by atoms with Crippen LogP contribution in [0.3, 0.4) is 0 Å². The van der Waals surface area contributed by atoms with Crippen LogP contribution in [-0.4, -0.2) is 14.8 Å². The van der Waals surface area contributed by atoms with Gasteiger partial charge < -0.3 is 9.30 Å². The minimum atomic E-state index is -0.218. The third kappa shape index (κ3) is 5.51. The summed E-state index contributed by atoms with van der Waals surface area (Å²) in [5, 5.41) is 10.9. The third-order valence-corrected chi connectivity index (χ3v) is 6.54. The molecule has 1 heterocycles. The van der Waals surface area contributed by atoms with Crippen LogP contribution < -0.4 is 4.74 Å². The Morgan fingerprint density at radius 2 is 1.63 bits per heavy atom. The van der Waals surface area contributed by atoms with Crippen molar-refractivity contribution < 1.29 is 4.74 Å². The highest BCUT2D eigenvalue weighted by Gasteiger charge is 2.21. The summed E-state index contributed by atoms with van der Waals surface area (Å²) in [5.41, 5.74) is 2.38. The van der Waals surface area contributed by atoms with Crippen molar-refractivity contribution >= 4 is 35.0 Å². The van der Waals surface area contributed by atoms with E-state index in [0.717, 1.165) is 28.0 Å². The van der Waals surface area contributed by atoms with Gasteiger partial charge in [-0.1, -0.05) is 67.0 Å². The normalized spacial score (nSPS) is 12.6. The van der Waals surface area contributed by atoms with Gasteiger partial charge in [0.2, 0.25) is 0 Å². The van der Waals surface area contributed by atoms with E-state index < -0.39 is 0 Å². The fraction of sp³-hybridized carbons (Fsp3) is 0.391. The predicted molar refractivity (Wildman–Crippen MR) is 126 cm³/mol. The smallest absolute Gasteiger partial charge is 0.191 e. The Morgan fingerprint density at radius 1 is 0.933 bits per heavy atom. The van der Waals surface area contributed by atoms with Crippen LogP contribution >= 0.6 is 35.0 Å². The molecule has 0 aliphatic carbocycles. The summed E-state index contributed by atoms with van der Waals surface area (Å²) >= 11 is 13.8. The highest BCUT2D eigenvalue weighted by molar-refractivity contribution is 7.98. The van der Waals surface area contributed by atoms with Crippen molar-refractivity contribution in [1.82, 2.24) is 14.8 Å². The monoisotopic (exact) mass is 463 g/mol. The van der Waals surface area contributed by atoms with E-state index in [2.05, 4.69) is 54.6 Å². The lowest BCUT2D eigenvalue weighted by molar-refractivity contribution is 0.207. The maximum absolute atomic E-state index is 6.17. The topological polar surface area (TPSA) is 39.9 Å². The van der Waals surface area contributed by atoms with Crippen molar-refractivity contribution in [2.75, 3.05) is 0 Å². The van der Waals surface area contributed by atoms with Gasteiger partial charge in [-0.25, -0.2) is 0 Å². The van der Waals surface area contributed by atoms with Crippen molar-refractivity contribution in [2.45, 2.75) is 63.6 Å². The molecular formula is C23H27Cl2N3OS. The molecule has 0 amide bonds. The molecule has 1 unspecified atom stereocenters. The molecule has 0 fully saturated rings. The number of benzene rings is 2. The summed E-state index contributed by atoms with van der Waals surface area (Å²) in [5.74, 6) is 2.87. The van der Waals surface area contributed by atoms with Crippen LogP contribution in [0.15, 0.2) is 47.6 Å². The van der Waals surface area contributed by atoms with Gasteiger partial charge in [0.1, 0.15) is 5.75 Å². The lowest BCUT2D eigenvalue weighted by Crippen LogP contribution is -2.14. The average molecular weight is 464 g/mol. The first-order valence-corrected chi connectivity index (χ1v) is 11.8. The number of thioether (sulfide) groups is 1. The van der Waals surface area contributed by atoms with Crippen LogP contribution in [0.4, 0.5) is 0 Å². The molecule has 0 saturated carbocycles. The zero-order valence-electron chi connectivity index (χ0n) is 17.9. The minimum Gasteiger partial charge on any atom is -0.483 e. The van der Waals surface area contributed by atoms with E-state index in [0.29, 0.717) is 16.0 Å². The molecule has 7 heteroatoms. The number of nitrogens with zero attached hydrogens (tertiary/aromatic N) is 3. The molecule has 3 aromatic rings. The highest BCUT2D eigenvalue weighted by atomic mass is 35.5. The van der Waals surface area contributed by atoms with Crippen LogP contribution in [0.25, 0.3) is 0 Å². The van der Waals surface area contributed by atoms with Gasteiger partial charge in [0, 0.05) is 11.8 Å². The lowest BCUT2D eigenvalue weighted by atomic mass is 10.0. The second kappa shape index (κ2) is 10.1. The van der Waals surface area contributed by atoms with Crippen molar-refractivity contribution in [3.8, 4) is 5.75 Å². The fourth-order valence-corrected chi connectivity index (χ4v) is 4.45. The van der Waals surface area contributed by atoms with E-state index in [-0.39, 0.29) is 12.1 Å². The summed E-state index contributed by atoms with van der Waals surface area (Å²) in [4.78, 5) is 0. The van der Waals surface area contributed by atoms with Crippen LogP contribution in [0.5, 0.6) is 5.75 Å². The second-order valence-electron chi connectivity index (χ2n) is 7.83. The van der Waals surface area contributed by atoms with Crippen LogP contribution in [0, 0.1) is 0 Å². The van der Waals surface area contributed by atoms with Crippen molar-refractivity contribution in [1.29, 1.82) is 0 Å². The molecule has 0 aliphatic rings. The van der Waals surface area contributed by atoms with Gasteiger partial charge in [0.25, 0.3) is 0 Å². The Bertz CT molecular complexity index is 987. The number of rotatable bonds is 8. The molecule has 0 bridgehead atoms. The van der Waals surface area contributed by atoms with Gasteiger partial charge in [0.05, 0.1) is 10.0 Å². The summed E-state index contributed by atoms with van der Waals surface area (Å²) < 4.78 is 8.30. The average Bonchev–Trinajstić information content (AvgIpc) is 3.14. The quantitative estimate of drug-likeness (QED) is 0.320. The molecule has 0 radical (unpaired) electrons. The van der Waals surface area contributed by atoms with Crippen LogP contribution in [-0.2, 0) is 5.75 Å². The standard InChI is InChI=1S/C23H27Cl2N3OS/c1-14(2)18-7-9-19(10-8-18)29-16(5)22-26-27-23(28(22)15(3)4)30-13-17-6-11-20(24)21(25)12-17/h6-12,14-16H,13H2,1-5H3. The van der Waals surface area contributed by atoms with Gasteiger partial charge >= 0.3 is 0 Å². The molecule has 1 aromatic heterocycles. The molecule has 3 rings (SSSR count). The van der Waals surface area contributed by atoms with Gasteiger partial charge in [-0.15, -0.1) is 10.2 Å². The molecule has 4 nitrogen and oxygen atoms in total. The van der Waals surface area contributed by atoms with Crippen LogP contribution in [0.2, 0.25) is 10.0 Å². The fourth-order valence-electron chi connectivity index (χ4n) is 3.11. The summed E-state index contributed by atoms with van der Waals surface area (Å²) in [6.07, 6.45) is -0.218. The second-order valence-corrected chi connectivity index (χ2v) is 9.58. The van der Waals surface area contributed by atoms with Gasteiger partial charge in [-0.3, -0.25) is 0 Å². The number of aromatic nitrogens is 3. The first kappa shape index (κ1) is 23.0. The molecule has 2 aromatic carbocycles. The molecule has 1 atom stereocenters. The van der Waals surface area contributed by atoms with Crippen molar-refractivity contribution in [3.05, 3.63) is 69.5 Å². The van der Waals surface area contributed by atoms with Crippen molar-refractivity contribution in [2.24, 2.45) is 0 Å². The molecule has 160 valence electrons.